The van der Waals surface area contributed by atoms with Crippen LogP contribution in [0.3, 0.4) is 0 Å². The van der Waals surface area contributed by atoms with E-state index in [9.17, 15) is 19.1 Å². The third-order valence-corrected chi connectivity index (χ3v) is 5.63. The molecule has 0 radical (unpaired) electrons. The standard InChI is InChI=1S/C17H20ClFN2O3/c1-20-7-2-5-17(16(23)24)6-8-21(10-14(17)20)15(22)12-4-3-11(18)9-13(12)19/h3-4,9,14H,2,5-8,10H2,1H3,(H,23,24)/t14-,17+/m1/s1. The second-order valence-electron chi connectivity index (χ2n) is 6.69. The third-order valence-electron chi connectivity index (χ3n) is 5.40. The molecule has 7 heteroatoms. The molecule has 0 unspecified atom stereocenters. The molecule has 24 heavy (non-hydrogen) atoms. The molecule has 2 fully saturated rings. The first-order chi connectivity index (χ1) is 11.3. The zero-order chi connectivity index (χ0) is 17.5. The van der Waals surface area contributed by atoms with Crippen LogP contribution in [0, 0.1) is 11.2 Å². The summed E-state index contributed by atoms with van der Waals surface area (Å²) in [5.74, 6) is -1.87. The highest BCUT2D eigenvalue weighted by Crippen LogP contribution is 2.42. The summed E-state index contributed by atoms with van der Waals surface area (Å²) in [5, 5.41) is 9.99. The minimum atomic E-state index is -0.817. The smallest absolute Gasteiger partial charge is 0.311 e. The molecule has 2 heterocycles. The van der Waals surface area contributed by atoms with Crippen LogP contribution in [0.1, 0.15) is 29.6 Å². The number of carboxylic acids is 1. The number of carboxylic acid groups (broad SMARTS) is 1. The SMILES string of the molecule is CN1CCC[C@]2(C(=O)O)CCN(C(=O)c3ccc(Cl)cc3F)C[C@@H]12. The zero-order valence-electron chi connectivity index (χ0n) is 13.5. The summed E-state index contributed by atoms with van der Waals surface area (Å²) < 4.78 is 14.0. The number of carbonyl (C=O) groups excluding carboxylic acids is 1. The maximum atomic E-state index is 14.0. The summed E-state index contributed by atoms with van der Waals surface area (Å²) in [4.78, 5) is 28.1. The van der Waals surface area contributed by atoms with Crippen molar-refractivity contribution in [2.45, 2.75) is 25.3 Å². The number of halogens is 2. The van der Waals surface area contributed by atoms with Gasteiger partial charge in [-0.15, -0.1) is 0 Å². The number of hydrogen-bond acceptors (Lipinski definition) is 3. The van der Waals surface area contributed by atoms with Gasteiger partial charge in [0.25, 0.3) is 5.91 Å². The van der Waals surface area contributed by atoms with E-state index < -0.39 is 23.1 Å². The Morgan fingerprint density at radius 3 is 2.75 bits per heavy atom. The fourth-order valence-corrected chi connectivity index (χ4v) is 4.16. The molecule has 2 atom stereocenters. The lowest BCUT2D eigenvalue weighted by Gasteiger charge is -2.51. The average molecular weight is 355 g/mol. The normalized spacial score (nSPS) is 27.6. The first kappa shape index (κ1) is 17.2. The van der Waals surface area contributed by atoms with E-state index in [1.165, 1.54) is 12.1 Å². The second kappa shape index (κ2) is 6.33. The Labute approximate surface area is 145 Å². The molecule has 0 aromatic heterocycles. The van der Waals surface area contributed by atoms with Crippen molar-refractivity contribution in [3.05, 3.63) is 34.6 Å². The Bertz CT molecular complexity index is 684. The molecule has 0 spiro atoms. The number of fused-ring (bicyclic) bond motifs is 1. The number of piperidine rings is 2. The summed E-state index contributed by atoms with van der Waals surface area (Å²) in [7, 11) is 1.89. The lowest BCUT2D eigenvalue weighted by molar-refractivity contribution is -0.161. The van der Waals surface area contributed by atoms with Crippen molar-refractivity contribution >= 4 is 23.5 Å². The predicted molar refractivity (Wildman–Crippen MR) is 87.7 cm³/mol. The summed E-state index contributed by atoms with van der Waals surface area (Å²) in [5.41, 5.74) is -0.844. The predicted octanol–water partition coefficient (Wildman–Crippen LogP) is 2.49. The monoisotopic (exact) mass is 354 g/mol. The van der Waals surface area contributed by atoms with Crippen molar-refractivity contribution in [2.75, 3.05) is 26.7 Å². The van der Waals surface area contributed by atoms with Crippen LogP contribution in [-0.2, 0) is 4.79 Å². The molecule has 2 aliphatic heterocycles. The first-order valence-electron chi connectivity index (χ1n) is 8.03. The second-order valence-corrected chi connectivity index (χ2v) is 7.12. The number of carbonyl (C=O) groups is 2. The number of nitrogens with zero attached hydrogens (tertiary/aromatic N) is 2. The number of amides is 1. The Morgan fingerprint density at radius 1 is 1.33 bits per heavy atom. The largest absolute Gasteiger partial charge is 0.481 e. The summed E-state index contributed by atoms with van der Waals surface area (Å²) in [6.45, 7) is 1.41. The van der Waals surface area contributed by atoms with Crippen LogP contribution in [0.25, 0.3) is 0 Å². The van der Waals surface area contributed by atoms with Gasteiger partial charge in [-0.2, -0.15) is 0 Å². The molecular formula is C17H20ClFN2O3. The van der Waals surface area contributed by atoms with E-state index in [-0.39, 0.29) is 16.6 Å². The minimum Gasteiger partial charge on any atom is -0.481 e. The molecule has 130 valence electrons. The van der Waals surface area contributed by atoms with Crippen molar-refractivity contribution in [3.63, 3.8) is 0 Å². The van der Waals surface area contributed by atoms with Gasteiger partial charge in [0.05, 0.1) is 11.0 Å². The van der Waals surface area contributed by atoms with E-state index in [4.69, 9.17) is 11.6 Å². The van der Waals surface area contributed by atoms with Crippen molar-refractivity contribution in [3.8, 4) is 0 Å². The number of benzene rings is 1. The maximum absolute atomic E-state index is 14.0. The number of hydrogen-bond donors (Lipinski definition) is 1. The van der Waals surface area contributed by atoms with Crippen LogP contribution < -0.4 is 0 Å². The van der Waals surface area contributed by atoms with E-state index >= 15 is 0 Å². The van der Waals surface area contributed by atoms with E-state index in [0.717, 1.165) is 19.0 Å². The van der Waals surface area contributed by atoms with Crippen molar-refractivity contribution in [1.82, 2.24) is 9.80 Å². The highest BCUT2D eigenvalue weighted by molar-refractivity contribution is 6.30. The fraction of sp³-hybridized carbons (Fsp3) is 0.529. The molecule has 1 aromatic rings. The number of rotatable bonds is 2. The van der Waals surface area contributed by atoms with Gasteiger partial charge in [-0.1, -0.05) is 11.6 Å². The van der Waals surface area contributed by atoms with Gasteiger partial charge in [0.1, 0.15) is 5.82 Å². The average Bonchev–Trinajstić information content (AvgIpc) is 2.54. The molecule has 0 aliphatic carbocycles. The third kappa shape index (κ3) is 2.78. The van der Waals surface area contributed by atoms with Crippen LogP contribution in [0.4, 0.5) is 4.39 Å². The lowest BCUT2D eigenvalue weighted by atomic mass is 9.68. The molecule has 0 saturated carbocycles. The van der Waals surface area contributed by atoms with Crippen molar-refractivity contribution in [1.29, 1.82) is 0 Å². The summed E-state index contributed by atoms with van der Waals surface area (Å²) in [6, 6.07) is 3.73. The van der Waals surface area contributed by atoms with Gasteiger partial charge < -0.3 is 14.9 Å². The van der Waals surface area contributed by atoms with Crippen LogP contribution in [0.2, 0.25) is 5.02 Å². The van der Waals surface area contributed by atoms with Crippen molar-refractivity contribution < 1.29 is 19.1 Å². The van der Waals surface area contributed by atoms with E-state index in [2.05, 4.69) is 0 Å². The van der Waals surface area contributed by atoms with Crippen LogP contribution in [0.15, 0.2) is 18.2 Å². The molecule has 5 nitrogen and oxygen atoms in total. The fourth-order valence-electron chi connectivity index (χ4n) is 4.00. The molecule has 1 aromatic carbocycles. The van der Waals surface area contributed by atoms with Crippen LogP contribution in [-0.4, -0.2) is 59.5 Å². The number of aliphatic carboxylic acids is 1. The Balaban J connectivity index is 1.85. The highest BCUT2D eigenvalue weighted by atomic mass is 35.5. The van der Waals surface area contributed by atoms with E-state index in [1.54, 1.807) is 4.90 Å². The quantitative estimate of drug-likeness (QED) is 0.886. The summed E-state index contributed by atoms with van der Waals surface area (Å²) >= 11 is 5.73. The first-order valence-corrected chi connectivity index (χ1v) is 8.41. The molecule has 2 saturated heterocycles. The van der Waals surface area contributed by atoms with Gasteiger partial charge in [-0.3, -0.25) is 9.59 Å². The van der Waals surface area contributed by atoms with E-state index in [1.807, 2.05) is 11.9 Å². The van der Waals surface area contributed by atoms with E-state index in [0.29, 0.717) is 25.9 Å². The van der Waals surface area contributed by atoms with Gasteiger partial charge in [0.2, 0.25) is 0 Å². The van der Waals surface area contributed by atoms with Crippen LogP contribution in [0.5, 0.6) is 0 Å². The lowest BCUT2D eigenvalue weighted by Crippen LogP contribution is -2.63. The topological polar surface area (TPSA) is 60.9 Å². The molecule has 1 amide bonds. The van der Waals surface area contributed by atoms with Gasteiger partial charge in [0, 0.05) is 24.2 Å². The maximum Gasteiger partial charge on any atom is 0.311 e. The van der Waals surface area contributed by atoms with Gasteiger partial charge >= 0.3 is 5.97 Å². The Kier molecular flexibility index (Phi) is 4.53. The van der Waals surface area contributed by atoms with Gasteiger partial charge in [0.15, 0.2) is 0 Å². The van der Waals surface area contributed by atoms with Crippen LogP contribution >= 0.6 is 11.6 Å². The Hall–Kier alpha value is -1.66. The van der Waals surface area contributed by atoms with Crippen molar-refractivity contribution in [2.24, 2.45) is 5.41 Å². The summed E-state index contributed by atoms with van der Waals surface area (Å²) in [6.07, 6.45) is 1.84. The number of likely N-dealkylation sites (tertiary alicyclic amines) is 2. The minimum absolute atomic E-state index is 0.0271. The zero-order valence-corrected chi connectivity index (χ0v) is 14.2. The Morgan fingerprint density at radius 2 is 2.08 bits per heavy atom. The molecule has 1 N–H and O–H groups in total. The highest BCUT2D eigenvalue weighted by Gasteiger charge is 2.52. The molecular weight excluding hydrogens is 335 g/mol. The number of likely N-dealkylation sites (N-methyl/N-ethyl adjacent to an activating group) is 1. The van der Waals surface area contributed by atoms with Gasteiger partial charge in [-0.05, 0) is 51.1 Å². The van der Waals surface area contributed by atoms with Gasteiger partial charge in [-0.25, -0.2) is 4.39 Å². The molecule has 2 aliphatic rings. The molecule has 3 rings (SSSR count). The molecule has 0 bridgehead atoms.